The Kier molecular flexibility index (Phi) is 4.83. The van der Waals surface area contributed by atoms with E-state index in [1.807, 2.05) is 0 Å². The third kappa shape index (κ3) is 3.53. The minimum Gasteiger partial charge on any atom is -0.465 e. The maximum absolute atomic E-state index is 11.4. The van der Waals surface area contributed by atoms with Gasteiger partial charge in [0.05, 0.1) is 33.4 Å². The monoisotopic (exact) mass is 345 g/mol. The van der Waals surface area contributed by atoms with Gasteiger partial charge in [0.2, 0.25) is 0 Å². The predicted molar refractivity (Wildman–Crippen MR) is 83.7 cm³/mol. The maximum atomic E-state index is 11.4. The Hall–Kier alpha value is -1.62. The van der Waals surface area contributed by atoms with E-state index >= 15 is 0 Å². The molecular formula is C14H10Cl3NO3. The van der Waals surface area contributed by atoms with Crippen LogP contribution >= 0.6 is 34.8 Å². The Bertz CT molecular complexity index is 704. The van der Waals surface area contributed by atoms with Crippen LogP contribution in [0.2, 0.25) is 15.1 Å². The lowest BCUT2D eigenvalue weighted by molar-refractivity contribution is 0.0601. The van der Waals surface area contributed by atoms with E-state index in [0.717, 1.165) is 0 Å². The first kappa shape index (κ1) is 15.8. The number of hydrogen-bond donors (Lipinski definition) is 1. The van der Waals surface area contributed by atoms with Crippen molar-refractivity contribution in [2.45, 2.75) is 0 Å². The molecule has 2 aromatic carbocycles. The molecule has 0 aromatic heterocycles. The van der Waals surface area contributed by atoms with Crippen LogP contribution in [0.5, 0.6) is 11.5 Å². The van der Waals surface area contributed by atoms with E-state index in [2.05, 4.69) is 4.74 Å². The van der Waals surface area contributed by atoms with Gasteiger partial charge in [0.25, 0.3) is 0 Å². The molecular weight excluding hydrogens is 337 g/mol. The van der Waals surface area contributed by atoms with Crippen molar-refractivity contribution >= 4 is 46.5 Å². The number of ether oxygens (including phenoxy) is 2. The fraction of sp³-hybridized carbons (Fsp3) is 0.0714. The molecule has 0 aliphatic carbocycles. The highest BCUT2D eigenvalue weighted by Crippen LogP contribution is 2.38. The van der Waals surface area contributed by atoms with Gasteiger partial charge in [0.1, 0.15) is 11.5 Å². The molecule has 2 aromatic rings. The highest BCUT2D eigenvalue weighted by molar-refractivity contribution is 6.43. The molecule has 110 valence electrons. The number of nitrogen functional groups attached to an aromatic ring is 1. The van der Waals surface area contributed by atoms with Crippen LogP contribution in [0.4, 0.5) is 5.69 Å². The number of methoxy groups -OCH3 is 1. The van der Waals surface area contributed by atoms with E-state index < -0.39 is 5.97 Å². The van der Waals surface area contributed by atoms with Gasteiger partial charge in [0.15, 0.2) is 0 Å². The first-order valence-corrected chi connectivity index (χ1v) is 6.86. The lowest BCUT2D eigenvalue weighted by atomic mass is 10.2. The number of halogens is 3. The molecule has 0 amide bonds. The molecule has 4 nitrogen and oxygen atoms in total. The quantitative estimate of drug-likeness (QED) is 0.492. The van der Waals surface area contributed by atoms with Crippen LogP contribution in [0.15, 0.2) is 30.3 Å². The lowest BCUT2D eigenvalue weighted by Gasteiger charge is -2.11. The second-order valence-corrected chi connectivity index (χ2v) is 5.26. The number of rotatable bonds is 3. The van der Waals surface area contributed by atoms with Crippen molar-refractivity contribution in [1.82, 2.24) is 0 Å². The Balaban J connectivity index is 2.32. The summed E-state index contributed by atoms with van der Waals surface area (Å²) in [7, 11) is 1.29. The van der Waals surface area contributed by atoms with Crippen molar-refractivity contribution in [3.05, 3.63) is 51.0 Å². The van der Waals surface area contributed by atoms with Crippen LogP contribution in [0.25, 0.3) is 0 Å². The predicted octanol–water partition coefficient (Wildman–Crippen LogP) is 4.81. The average Bonchev–Trinajstić information content (AvgIpc) is 2.45. The van der Waals surface area contributed by atoms with Crippen molar-refractivity contribution in [3.8, 4) is 11.5 Å². The summed E-state index contributed by atoms with van der Waals surface area (Å²) in [6, 6.07) is 7.48. The summed E-state index contributed by atoms with van der Waals surface area (Å²) in [5, 5.41) is 0.921. The molecule has 2 rings (SSSR count). The van der Waals surface area contributed by atoms with Crippen molar-refractivity contribution in [3.63, 3.8) is 0 Å². The van der Waals surface area contributed by atoms with Crippen LogP contribution in [0.3, 0.4) is 0 Å². The standard InChI is InChI=1S/C14H10Cl3NO3/c1-20-14(19)7-2-3-12(11(18)4-7)21-13-6-9(16)8(15)5-10(13)17/h2-6H,18H2,1H3. The van der Waals surface area contributed by atoms with Gasteiger partial charge in [-0.3, -0.25) is 0 Å². The Labute approximate surface area is 136 Å². The van der Waals surface area contributed by atoms with Gasteiger partial charge >= 0.3 is 5.97 Å². The molecule has 0 heterocycles. The number of esters is 1. The van der Waals surface area contributed by atoms with Crippen molar-refractivity contribution < 1.29 is 14.3 Å². The SMILES string of the molecule is COC(=O)c1ccc(Oc2cc(Cl)c(Cl)cc2Cl)c(N)c1. The highest BCUT2D eigenvalue weighted by Gasteiger charge is 2.12. The average molecular weight is 347 g/mol. The normalized spacial score (nSPS) is 10.3. The number of hydrogen-bond acceptors (Lipinski definition) is 4. The summed E-state index contributed by atoms with van der Waals surface area (Å²) < 4.78 is 10.2. The molecule has 0 unspecified atom stereocenters. The smallest absolute Gasteiger partial charge is 0.337 e. The summed E-state index contributed by atoms with van der Waals surface area (Å²) in [6.45, 7) is 0. The topological polar surface area (TPSA) is 61.5 Å². The van der Waals surface area contributed by atoms with Gasteiger partial charge in [-0.2, -0.15) is 0 Å². The molecule has 0 aliphatic rings. The second kappa shape index (κ2) is 6.43. The fourth-order valence-electron chi connectivity index (χ4n) is 1.59. The zero-order valence-electron chi connectivity index (χ0n) is 10.8. The Morgan fingerprint density at radius 1 is 1.00 bits per heavy atom. The van der Waals surface area contributed by atoms with Gasteiger partial charge in [-0.1, -0.05) is 34.8 Å². The minimum absolute atomic E-state index is 0.264. The van der Waals surface area contributed by atoms with Gasteiger partial charge < -0.3 is 15.2 Å². The summed E-state index contributed by atoms with van der Waals surface area (Å²) in [6.07, 6.45) is 0. The number of benzene rings is 2. The molecule has 0 saturated carbocycles. The summed E-state index contributed by atoms with van der Waals surface area (Å²) in [5.74, 6) is 0.160. The van der Waals surface area contributed by atoms with E-state index in [-0.39, 0.29) is 5.69 Å². The number of anilines is 1. The second-order valence-electron chi connectivity index (χ2n) is 4.04. The molecule has 2 N–H and O–H groups in total. The van der Waals surface area contributed by atoms with Crippen LogP contribution < -0.4 is 10.5 Å². The van der Waals surface area contributed by atoms with Gasteiger partial charge in [-0.25, -0.2) is 4.79 Å². The summed E-state index contributed by atoms with van der Waals surface area (Å²) >= 11 is 17.8. The van der Waals surface area contributed by atoms with Gasteiger partial charge in [-0.05, 0) is 24.3 Å². The zero-order chi connectivity index (χ0) is 15.6. The highest BCUT2D eigenvalue weighted by atomic mass is 35.5. The molecule has 0 atom stereocenters. The molecule has 0 saturated heterocycles. The van der Waals surface area contributed by atoms with E-state index in [0.29, 0.717) is 32.1 Å². The molecule has 0 spiro atoms. The minimum atomic E-state index is -0.485. The van der Waals surface area contributed by atoms with Crippen LogP contribution in [-0.2, 0) is 4.74 Å². The van der Waals surface area contributed by atoms with E-state index in [9.17, 15) is 4.79 Å². The number of carbonyl (C=O) groups excluding carboxylic acids is 1. The lowest BCUT2D eigenvalue weighted by Crippen LogP contribution is -2.02. The van der Waals surface area contributed by atoms with Crippen LogP contribution in [0.1, 0.15) is 10.4 Å². The van der Waals surface area contributed by atoms with Crippen molar-refractivity contribution in [2.75, 3.05) is 12.8 Å². The zero-order valence-corrected chi connectivity index (χ0v) is 13.1. The number of nitrogens with two attached hydrogens (primary N) is 1. The largest absolute Gasteiger partial charge is 0.465 e. The molecule has 0 fully saturated rings. The third-order valence-corrected chi connectivity index (χ3v) is 3.64. The van der Waals surface area contributed by atoms with Crippen molar-refractivity contribution in [1.29, 1.82) is 0 Å². The van der Waals surface area contributed by atoms with Gasteiger partial charge in [0, 0.05) is 6.07 Å². The summed E-state index contributed by atoms with van der Waals surface area (Å²) in [5.41, 5.74) is 6.43. The molecule has 0 bridgehead atoms. The third-order valence-electron chi connectivity index (χ3n) is 2.63. The summed E-state index contributed by atoms with van der Waals surface area (Å²) in [4.78, 5) is 11.4. The number of carbonyl (C=O) groups is 1. The van der Waals surface area contributed by atoms with Crippen molar-refractivity contribution in [2.24, 2.45) is 0 Å². The Morgan fingerprint density at radius 3 is 2.29 bits per heavy atom. The first-order chi connectivity index (χ1) is 9.92. The molecule has 21 heavy (non-hydrogen) atoms. The molecule has 0 aliphatic heterocycles. The van der Waals surface area contributed by atoms with Crippen LogP contribution in [-0.4, -0.2) is 13.1 Å². The molecule has 7 heteroatoms. The van der Waals surface area contributed by atoms with E-state index in [1.165, 1.54) is 31.4 Å². The van der Waals surface area contributed by atoms with Gasteiger partial charge in [-0.15, -0.1) is 0 Å². The van der Waals surface area contributed by atoms with E-state index in [4.69, 9.17) is 45.3 Å². The first-order valence-electron chi connectivity index (χ1n) is 5.72. The van der Waals surface area contributed by atoms with Crippen LogP contribution in [0, 0.1) is 0 Å². The Morgan fingerprint density at radius 2 is 1.67 bits per heavy atom. The fourth-order valence-corrected chi connectivity index (χ4v) is 2.16. The van der Waals surface area contributed by atoms with E-state index in [1.54, 1.807) is 6.07 Å². The molecule has 0 radical (unpaired) electrons. The maximum Gasteiger partial charge on any atom is 0.337 e.